The summed E-state index contributed by atoms with van der Waals surface area (Å²) in [5.74, 6) is 0.900. The first-order valence-electron chi connectivity index (χ1n) is 6.89. The molecule has 1 fully saturated rings. The number of rotatable bonds is 5. The highest BCUT2D eigenvalue weighted by Crippen LogP contribution is 2.37. The van der Waals surface area contributed by atoms with E-state index < -0.39 is 0 Å². The second kappa shape index (κ2) is 4.81. The minimum Gasteiger partial charge on any atom is -0.324 e. The summed E-state index contributed by atoms with van der Waals surface area (Å²) >= 11 is 0. The van der Waals surface area contributed by atoms with Crippen LogP contribution in [-0.2, 0) is 5.41 Å². The van der Waals surface area contributed by atoms with Gasteiger partial charge in [0, 0.05) is 6.04 Å². The van der Waals surface area contributed by atoms with Crippen molar-refractivity contribution >= 4 is 0 Å². The van der Waals surface area contributed by atoms with E-state index in [0.29, 0.717) is 0 Å². The van der Waals surface area contributed by atoms with Crippen LogP contribution >= 0.6 is 0 Å². The van der Waals surface area contributed by atoms with Crippen LogP contribution in [0.4, 0.5) is 0 Å². The SMILES string of the molecule is CCC(C)(C)c1ccc(C(N)CC2CC2)cc1. The molecule has 0 radical (unpaired) electrons. The summed E-state index contributed by atoms with van der Waals surface area (Å²) in [6.07, 6.45) is 5.10. The van der Waals surface area contributed by atoms with Gasteiger partial charge in [-0.15, -0.1) is 0 Å². The molecule has 1 saturated carbocycles. The maximum atomic E-state index is 6.23. The van der Waals surface area contributed by atoms with Crippen molar-refractivity contribution in [3.8, 4) is 0 Å². The first-order chi connectivity index (χ1) is 8.03. The van der Waals surface area contributed by atoms with Gasteiger partial charge in [-0.2, -0.15) is 0 Å². The molecule has 0 amide bonds. The highest BCUT2D eigenvalue weighted by atomic mass is 14.6. The van der Waals surface area contributed by atoms with E-state index >= 15 is 0 Å². The summed E-state index contributed by atoms with van der Waals surface area (Å²) in [6.45, 7) is 6.84. The van der Waals surface area contributed by atoms with Gasteiger partial charge in [0.15, 0.2) is 0 Å². The van der Waals surface area contributed by atoms with Crippen molar-refractivity contribution in [1.82, 2.24) is 0 Å². The summed E-state index contributed by atoms with van der Waals surface area (Å²) < 4.78 is 0. The highest BCUT2D eigenvalue weighted by molar-refractivity contribution is 5.29. The van der Waals surface area contributed by atoms with Crippen LogP contribution < -0.4 is 5.73 Å². The second-order valence-electron chi connectivity index (χ2n) is 6.15. The molecule has 1 aliphatic rings. The summed E-state index contributed by atoms with van der Waals surface area (Å²) in [6, 6.07) is 9.19. The van der Waals surface area contributed by atoms with Crippen LogP contribution in [0.5, 0.6) is 0 Å². The first kappa shape index (κ1) is 12.6. The van der Waals surface area contributed by atoms with E-state index in [1.165, 1.54) is 30.4 Å². The molecule has 2 N–H and O–H groups in total. The van der Waals surface area contributed by atoms with Crippen LogP contribution in [0.25, 0.3) is 0 Å². The smallest absolute Gasteiger partial charge is 0.0297 e. The molecule has 0 saturated heterocycles. The Morgan fingerprint density at radius 3 is 2.29 bits per heavy atom. The zero-order valence-corrected chi connectivity index (χ0v) is 11.4. The molecule has 2 rings (SSSR count). The average molecular weight is 231 g/mol. The topological polar surface area (TPSA) is 26.0 Å². The van der Waals surface area contributed by atoms with Gasteiger partial charge in [0.05, 0.1) is 0 Å². The third kappa shape index (κ3) is 3.10. The van der Waals surface area contributed by atoms with Gasteiger partial charge >= 0.3 is 0 Å². The summed E-state index contributed by atoms with van der Waals surface area (Å²) in [5, 5.41) is 0. The van der Waals surface area contributed by atoms with Gasteiger partial charge in [-0.25, -0.2) is 0 Å². The Bertz CT molecular complexity index is 360. The monoisotopic (exact) mass is 231 g/mol. The Kier molecular flexibility index (Phi) is 3.58. The molecule has 0 aliphatic heterocycles. The average Bonchev–Trinajstić information content (AvgIpc) is 3.13. The van der Waals surface area contributed by atoms with Crippen LogP contribution in [0, 0.1) is 5.92 Å². The Hall–Kier alpha value is -0.820. The number of hydrogen-bond donors (Lipinski definition) is 1. The third-order valence-corrected chi connectivity index (χ3v) is 4.29. The molecule has 0 heterocycles. The summed E-state index contributed by atoms with van der Waals surface area (Å²) in [7, 11) is 0. The standard InChI is InChI=1S/C16H25N/c1-4-16(2,3)14-9-7-13(8-10-14)15(17)11-12-5-6-12/h7-10,12,15H,4-6,11,17H2,1-3H3. The van der Waals surface area contributed by atoms with Crippen molar-refractivity contribution in [3.63, 3.8) is 0 Å². The minimum absolute atomic E-state index is 0.237. The number of nitrogens with two attached hydrogens (primary N) is 1. The molecule has 1 aromatic rings. The lowest BCUT2D eigenvalue weighted by Crippen LogP contribution is -2.16. The van der Waals surface area contributed by atoms with E-state index in [1.54, 1.807) is 0 Å². The molecule has 0 bridgehead atoms. The Morgan fingerprint density at radius 1 is 1.24 bits per heavy atom. The third-order valence-electron chi connectivity index (χ3n) is 4.29. The van der Waals surface area contributed by atoms with E-state index in [4.69, 9.17) is 5.73 Å². The number of hydrogen-bond acceptors (Lipinski definition) is 1. The number of benzene rings is 1. The molecular weight excluding hydrogens is 206 g/mol. The molecule has 17 heavy (non-hydrogen) atoms. The lowest BCUT2D eigenvalue weighted by Gasteiger charge is -2.24. The normalized spacial score (nSPS) is 18.1. The van der Waals surface area contributed by atoms with Gasteiger partial charge in [-0.05, 0) is 35.3 Å². The van der Waals surface area contributed by atoms with Gasteiger partial charge < -0.3 is 5.73 Å². The highest BCUT2D eigenvalue weighted by Gasteiger charge is 2.24. The van der Waals surface area contributed by atoms with E-state index in [0.717, 1.165) is 12.3 Å². The lowest BCUT2D eigenvalue weighted by atomic mass is 9.81. The quantitative estimate of drug-likeness (QED) is 0.808. The van der Waals surface area contributed by atoms with Crippen LogP contribution in [0.3, 0.4) is 0 Å². The minimum atomic E-state index is 0.237. The zero-order valence-electron chi connectivity index (χ0n) is 11.4. The maximum absolute atomic E-state index is 6.23. The van der Waals surface area contributed by atoms with Crippen LogP contribution in [0.2, 0.25) is 0 Å². The van der Waals surface area contributed by atoms with E-state index in [2.05, 4.69) is 45.0 Å². The van der Waals surface area contributed by atoms with Crippen molar-refractivity contribution in [2.75, 3.05) is 0 Å². The Balaban J connectivity index is 2.06. The van der Waals surface area contributed by atoms with Crippen LogP contribution in [-0.4, -0.2) is 0 Å². The van der Waals surface area contributed by atoms with Crippen molar-refractivity contribution in [2.24, 2.45) is 11.7 Å². The van der Waals surface area contributed by atoms with E-state index in [-0.39, 0.29) is 11.5 Å². The van der Waals surface area contributed by atoms with Gasteiger partial charge in [0.1, 0.15) is 0 Å². The zero-order chi connectivity index (χ0) is 12.5. The largest absolute Gasteiger partial charge is 0.324 e. The molecule has 1 nitrogen and oxygen atoms in total. The van der Waals surface area contributed by atoms with Crippen molar-refractivity contribution in [1.29, 1.82) is 0 Å². The molecular formula is C16H25N. The van der Waals surface area contributed by atoms with Gasteiger partial charge in [0.25, 0.3) is 0 Å². The van der Waals surface area contributed by atoms with E-state index in [1.807, 2.05) is 0 Å². The molecule has 1 aromatic carbocycles. The van der Waals surface area contributed by atoms with Crippen LogP contribution in [0.1, 0.15) is 63.6 Å². The van der Waals surface area contributed by atoms with Gasteiger partial charge in [-0.3, -0.25) is 0 Å². The fraction of sp³-hybridized carbons (Fsp3) is 0.625. The predicted molar refractivity (Wildman–Crippen MR) is 74.0 cm³/mol. The molecule has 1 aliphatic carbocycles. The van der Waals surface area contributed by atoms with Gasteiger partial charge in [-0.1, -0.05) is 57.9 Å². The van der Waals surface area contributed by atoms with Crippen molar-refractivity contribution in [3.05, 3.63) is 35.4 Å². The predicted octanol–water partition coefficient (Wildman–Crippen LogP) is 4.17. The maximum Gasteiger partial charge on any atom is 0.0297 e. The lowest BCUT2D eigenvalue weighted by molar-refractivity contribution is 0.505. The molecule has 0 spiro atoms. The van der Waals surface area contributed by atoms with E-state index in [9.17, 15) is 0 Å². The first-order valence-corrected chi connectivity index (χ1v) is 6.89. The second-order valence-corrected chi connectivity index (χ2v) is 6.15. The molecule has 1 unspecified atom stereocenters. The van der Waals surface area contributed by atoms with Gasteiger partial charge in [0.2, 0.25) is 0 Å². The molecule has 94 valence electrons. The Labute approximate surface area is 105 Å². The van der Waals surface area contributed by atoms with Crippen LogP contribution in [0.15, 0.2) is 24.3 Å². The fourth-order valence-corrected chi connectivity index (χ4v) is 2.23. The summed E-state index contributed by atoms with van der Waals surface area (Å²) in [4.78, 5) is 0. The molecule has 1 atom stereocenters. The fourth-order valence-electron chi connectivity index (χ4n) is 2.23. The summed E-state index contributed by atoms with van der Waals surface area (Å²) in [5.41, 5.74) is 9.22. The Morgan fingerprint density at radius 2 is 1.82 bits per heavy atom. The molecule has 0 aromatic heterocycles. The van der Waals surface area contributed by atoms with Crippen molar-refractivity contribution < 1.29 is 0 Å². The van der Waals surface area contributed by atoms with Crippen molar-refractivity contribution in [2.45, 2.75) is 57.9 Å². The molecule has 1 heteroatoms.